The van der Waals surface area contributed by atoms with Gasteiger partial charge in [0.2, 0.25) is 0 Å². The van der Waals surface area contributed by atoms with Crippen LogP contribution < -0.4 is 0 Å². The van der Waals surface area contributed by atoms with E-state index in [0.29, 0.717) is 65.9 Å². The number of hydrogen-bond donors (Lipinski definition) is 0. The Hall–Kier alpha value is 1.60. The van der Waals surface area contributed by atoms with Gasteiger partial charge in [0.25, 0.3) is 0 Å². The first-order chi connectivity index (χ1) is 21.0. The Bertz CT molecular complexity index is 634. The molecule has 0 saturated carbocycles. The molecule has 3 atom stereocenters. The van der Waals surface area contributed by atoms with E-state index in [4.69, 9.17) is 56.2 Å². The summed E-state index contributed by atoms with van der Waals surface area (Å²) < 4.78 is 61.6. The summed E-state index contributed by atoms with van der Waals surface area (Å²) in [7, 11) is -9.64. The van der Waals surface area contributed by atoms with E-state index in [0.717, 1.165) is 12.8 Å². The molecule has 0 saturated heterocycles. The molecule has 3 unspecified atom stereocenters. The highest BCUT2D eigenvalue weighted by molar-refractivity contribution is 8.99. The molecule has 0 N–H and O–H groups in total. The average molecular weight is 759 g/mol. The predicted molar refractivity (Wildman–Crippen MR) is 195 cm³/mol. The SMILES string of the molecule is CCO[Si](OCC)(OCC)C(CC)OP(=S)(SC(CC)[Si](OCC)(OCC)OCC)SC(CC)[Si](OCC)(OCC)OCC. The third-order valence-corrected chi connectivity index (χ3v) is 29.1. The van der Waals surface area contributed by atoms with E-state index in [1.807, 2.05) is 62.3 Å². The molecule has 44 heavy (non-hydrogen) atoms. The van der Waals surface area contributed by atoms with Gasteiger partial charge in [-0.1, -0.05) is 43.5 Å². The van der Waals surface area contributed by atoms with Gasteiger partial charge in [0.1, 0.15) is 5.73 Å². The highest BCUT2D eigenvalue weighted by atomic mass is 33.2. The quantitative estimate of drug-likeness (QED) is 0.0528. The molecule has 0 bridgehead atoms. The molecular weight excluding hydrogens is 696 g/mol. The minimum Gasteiger partial charge on any atom is -0.373 e. The van der Waals surface area contributed by atoms with Crippen molar-refractivity contribution >= 4 is 65.7 Å². The molecule has 10 nitrogen and oxygen atoms in total. The largest absolute Gasteiger partial charge is 0.531 e. The summed E-state index contributed by atoms with van der Waals surface area (Å²) in [6, 6.07) is 0. The van der Waals surface area contributed by atoms with Gasteiger partial charge in [-0.2, -0.15) is 0 Å². The number of hydrogen-bond acceptors (Lipinski definition) is 13. The molecule has 0 radical (unpaired) electrons. The second-order valence-corrected chi connectivity index (χ2v) is 28.9. The van der Waals surface area contributed by atoms with E-state index in [2.05, 4.69) is 20.8 Å². The van der Waals surface area contributed by atoms with Crippen molar-refractivity contribution in [3.8, 4) is 0 Å². The summed E-state index contributed by atoms with van der Waals surface area (Å²) in [6.45, 7) is 28.1. The van der Waals surface area contributed by atoms with Gasteiger partial charge in [-0.05, 0) is 93.4 Å². The van der Waals surface area contributed by atoms with E-state index < -0.39 is 36.8 Å². The van der Waals surface area contributed by atoms with Crippen molar-refractivity contribution in [1.29, 1.82) is 0 Å². The lowest BCUT2D eigenvalue weighted by atomic mass is 10.5. The van der Waals surface area contributed by atoms with Crippen LogP contribution in [0.2, 0.25) is 0 Å². The highest BCUT2D eigenvalue weighted by Gasteiger charge is 2.57. The second-order valence-electron chi connectivity index (χ2n) is 9.16. The topological polar surface area (TPSA) is 92.3 Å². The Kier molecular flexibility index (Phi) is 25.6. The molecule has 0 fully saturated rings. The first-order valence-electron chi connectivity index (χ1n) is 16.4. The maximum atomic E-state index is 7.18. The van der Waals surface area contributed by atoms with Crippen LogP contribution in [0.5, 0.6) is 0 Å². The molecule has 0 aromatic carbocycles. The van der Waals surface area contributed by atoms with Crippen LogP contribution in [0, 0.1) is 0 Å². The Morgan fingerprint density at radius 1 is 0.432 bits per heavy atom. The monoisotopic (exact) mass is 758 g/mol. The third-order valence-electron chi connectivity index (χ3n) is 6.17. The van der Waals surface area contributed by atoms with Crippen molar-refractivity contribution in [3.05, 3.63) is 0 Å². The lowest BCUT2D eigenvalue weighted by Crippen LogP contribution is -2.57. The van der Waals surface area contributed by atoms with Gasteiger partial charge in [0, 0.05) is 59.5 Å². The Morgan fingerprint density at radius 3 is 0.886 bits per heavy atom. The molecule has 0 amide bonds. The van der Waals surface area contributed by atoms with Gasteiger partial charge in [-0.3, -0.25) is 0 Å². The molecule has 17 heteroatoms. The fourth-order valence-electron chi connectivity index (χ4n) is 4.73. The fraction of sp³-hybridized carbons (Fsp3) is 1.00. The molecule has 0 heterocycles. The Balaban J connectivity index is 7.27. The van der Waals surface area contributed by atoms with Crippen LogP contribution in [-0.2, 0) is 56.2 Å². The molecule has 0 aromatic heterocycles. The molecular formula is C27H63O10PS3Si3. The van der Waals surface area contributed by atoms with E-state index >= 15 is 0 Å². The fourth-order valence-corrected chi connectivity index (χ4v) is 33.8. The summed E-state index contributed by atoms with van der Waals surface area (Å²) in [4.78, 5) is -0.333. The van der Waals surface area contributed by atoms with Crippen LogP contribution in [0.3, 0.4) is 0 Å². The highest BCUT2D eigenvalue weighted by Crippen LogP contribution is 2.75. The molecule has 0 aliphatic carbocycles. The van der Waals surface area contributed by atoms with Gasteiger partial charge in [-0.15, -0.1) is 0 Å². The van der Waals surface area contributed by atoms with Crippen LogP contribution in [0.4, 0.5) is 0 Å². The molecule has 0 spiro atoms. The van der Waals surface area contributed by atoms with Crippen molar-refractivity contribution in [3.63, 3.8) is 0 Å². The molecule has 0 aromatic rings. The predicted octanol–water partition coefficient (Wildman–Crippen LogP) is 7.79. The average Bonchev–Trinajstić information content (AvgIpc) is 2.98. The van der Waals surface area contributed by atoms with Crippen molar-refractivity contribution in [2.45, 2.75) is 118 Å². The van der Waals surface area contributed by atoms with Crippen LogP contribution >= 0.6 is 27.4 Å². The van der Waals surface area contributed by atoms with Crippen LogP contribution in [0.1, 0.15) is 102 Å². The van der Waals surface area contributed by atoms with Crippen molar-refractivity contribution < 1.29 is 44.4 Å². The second kappa shape index (κ2) is 24.7. The van der Waals surface area contributed by atoms with Gasteiger partial charge in [-0.25, -0.2) is 0 Å². The summed E-state index contributed by atoms with van der Waals surface area (Å²) >= 11 is 9.90. The first-order valence-corrected chi connectivity index (χ1v) is 27.5. The summed E-state index contributed by atoms with van der Waals surface area (Å²) in [6.07, 6.45) is 2.06. The van der Waals surface area contributed by atoms with Gasteiger partial charge in [0.15, 0.2) is 4.67 Å². The minimum atomic E-state index is -3.29. The summed E-state index contributed by atoms with van der Waals surface area (Å²) in [5, 5.41) is 0. The van der Waals surface area contributed by atoms with Crippen LogP contribution in [0.25, 0.3) is 0 Å². The van der Waals surface area contributed by atoms with Crippen LogP contribution in [0.15, 0.2) is 0 Å². The van der Waals surface area contributed by atoms with Crippen LogP contribution in [-0.4, -0.2) is 101 Å². The van der Waals surface area contributed by atoms with Crippen molar-refractivity contribution in [1.82, 2.24) is 0 Å². The standard InChI is InChI=1S/C27H63O10PS3Si3/c1-13-25(42(28-16-4,29-17-5)30-18-6)37-38(39,40-26(14-2)43(31-19-7,32-20-8)33-21-9)41-27(15-3)44(34-22-10,35-23-11)36-24-12/h25-27H,13-24H2,1-12H3. The van der Waals surface area contributed by atoms with E-state index in [-0.39, 0.29) is 9.75 Å². The lowest BCUT2D eigenvalue weighted by molar-refractivity contribution is 0.0322. The Labute approximate surface area is 286 Å². The minimum absolute atomic E-state index is 0.166. The maximum Gasteiger partial charge on any atom is 0.531 e. The van der Waals surface area contributed by atoms with Crippen molar-refractivity contribution in [2.24, 2.45) is 0 Å². The maximum absolute atomic E-state index is 7.18. The van der Waals surface area contributed by atoms with E-state index in [1.165, 1.54) is 0 Å². The lowest BCUT2D eigenvalue weighted by Gasteiger charge is -2.42. The van der Waals surface area contributed by atoms with E-state index in [9.17, 15) is 0 Å². The summed E-state index contributed by atoms with van der Waals surface area (Å²) in [5.41, 5.74) is -0.479. The Morgan fingerprint density at radius 2 is 0.682 bits per heavy atom. The van der Waals surface area contributed by atoms with Gasteiger partial charge >= 0.3 is 26.4 Å². The molecule has 266 valence electrons. The molecule has 0 aliphatic rings. The number of rotatable bonds is 30. The zero-order chi connectivity index (χ0) is 33.7. The molecule has 0 aliphatic heterocycles. The smallest absolute Gasteiger partial charge is 0.373 e. The summed E-state index contributed by atoms with van der Waals surface area (Å²) in [5.74, 6) is 0. The molecule has 0 rings (SSSR count). The van der Waals surface area contributed by atoms with Crippen molar-refractivity contribution in [2.75, 3.05) is 59.5 Å². The zero-order valence-corrected chi connectivity index (χ0v) is 35.8. The van der Waals surface area contributed by atoms with E-state index in [1.54, 1.807) is 22.8 Å². The third kappa shape index (κ3) is 13.5. The van der Waals surface area contributed by atoms with Gasteiger partial charge in [0.05, 0.1) is 9.75 Å². The van der Waals surface area contributed by atoms with Gasteiger partial charge < -0.3 is 44.4 Å². The zero-order valence-electron chi connectivity index (χ0n) is 29.5. The normalized spacial score (nSPS) is 16.5. The first kappa shape index (κ1) is 45.6.